The standard InChI is InChI=1S/C12H13F3N2O/c1-12(3-2-4-16-12)11(18)17-10-6-8(14)7(13)5-9(10)15/h5-6,16H,2-4H2,1H3,(H,17,18). The van der Waals surface area contributed by atoms with Gasteiger partial charge in [0.15, 0.2) is 11.6 Å². The van der Waals surface area contributed by atoms with E-state index in [0.717, 1.165) is 6.42 Å². The lowest BCUT2D eigenvalue weighted by Crippen LogP contribution is -2.48. The number of hydrogen-bond donors (Lipinski definition) is 2. The van der Waals surface area contributed by atoms with Crippen LogP contribution in [-0.2, 0) is 4.79 Å². The maximum Gasteiger partial charge on any atom is 0.244 e. The van der Waals surface area contributed by atoms with Gasteiger partial charge >= 0.3 is 0 Å². The summed E-state index contributed by atoms with van der Waals surface area (Å²) in [6, 6.07) is 1.05. The highest BCUT2D eigenvalue weighted by Crippen LogP contribution is 2.23. The zero-order valence-corrected chi connectivity index (χ0v) is 9.82. The summed E-state index contributed by atoms with van der Waals surface area (Å²) in [7, 11) is 0. The van der Waals surface area contributed by atoms with E-state index in [9.17, 15) is 18.0 Å². The van der Waals surface area contributed by atoms with E-state index in [-0.39, 0.29) is 5.69 Å². The van der Waals surface area contributed by atoms with Crippen LogP contribution in [-0.4, -0.2) is 18.0 Å². The van der Waals surface area contributed by atoms with Crippen LogP contribution in [0.25, 0.3) is 0 Å². The van der Waals surface area contributed by atoms with Crippen molar-refractivity contribution in [1.82, 2.24) is 5.32 Å². The largest absolute Gasteiger partial charge is 0.322 e. The second-order valence-corrected chi connectivity index (χ2v) is 4.56. The number of carbonyl (C=O) groups is 1. The quantitative estimate of drug-likeness (QED) is 0.798. The van der Waals surface area contributed by atoms with Crippen LogP contribution in [0.3, 0.4) is 0 Å². The summed E-state index contributed by atoms with van der Waals surface area (Å²) in [6.45, 7) is 2.39. The Kier molecular flexibility index (Phi) is 3.30. The van der Waals surface area contributed by atoms with Crippen LogP contribution in [0.5, 0.6) is 0 Å². The molecule has 0 aromatic heterocycles. The lowest BCUT2D eigenvalue weighted by atomic mass is 9.99. The summed E-state index contributed by atoms with van der Waals surface area (Å²) in [4.78, 5) is 11.9. The summed E-state index contributed by atoms with van der Waals surface area (Å²) >= 11 is 0. The maximum atomic E-state index is 13.4. The number of rotatable bonds is 2. The van der Waals surface area contributed by atoms with Gasteiger partial charge in [-0.3, -0.25) is 4.79 Å². The molecule has 0 aliphatic carbocycles. The number of hydrogen-bond acceptors (Lipinski definition) is 2. The van der Waals surface area contributed by atoms with E-state index in [1.54, 1.807) is 6.92 Å². The van der Waals surface area contributed by atoms with Gasteiger partial charge in [-0.15, -0.1) is 0 Å². The first-order valence-corrected chi connectivity index (χ1v) is 5.63. The molecule has 2 N–H and O–H groups in total. The highest BCUT2D eigenvalue weighted by atomic mass is 19.2. The Morgan fingerprint density at radius 2 is 1.94 bits per heavy atom. The van der Waals surface area contributed by atoms with Gasteiger partial charge in [0.25, 0.3) is 0 Å². The van der Waals surface area contributed by atoms with E-state index in [0.29, 0.717) is 25.1 Å². The average molecular weight is 258 g/mol. The van der Waals surface area contributed by atoms with Crippen molar-refractivity contribution in [2.75, 3.05) is 11.9 Å². The van der Waals surface area contributed by atoms with Gasteiger partial charge in [-0.25, -0.2) is 13.2 Å². The smallest absolute Gasteiger partial charge is 0.244 e. The monoisotopic (exact) mass is 258 g/mol. The summed E-state index contributed by atoms with van der Waals surface area (Å²) < 4.78 is 39.1. The van der Waals surface area contributed by atoms with Gasteiger partial charge in [0.1, 0.15) is 5.82 Å². The molecule has 3 nitrogen and oxygen atoms in total. The number of benzene rings is 1. The second-order valence-electron chi connectivity index (χ2n) is 4.56. The van der Waals surface area contributed by atoms with Crippen LogP contribution in [0.1, 0.15) is 19.8 Å². The fourth-order valence-electron chi connectivity index (χ4n) is 1.97. The van der Waals surface area contributed by atoms with Crippen molar-refractivity contribution in [2.45, 2.75) is 25.3 Å². The van der Waals surface area contributed by atoms with Crippen molar-refractivity contribution in [1.29, 1.82) is 0 Å². The molecule has 1 aromatic carbocycles. The van der Waals surface area contributed by atoms with Crippen LogP contribution in [0, 0.1) is 17.5 Å². The number of nitrogens with one attached hydrogen (secondary N) is 2. The van der Waals surface area contributed by atoms with Gasteiger partial charge in [0, 0.05) is 12.1 Å². The minimum Gasteiger partial charge on any atom is -0.322 e. The fourth-order valence-corrected chi connectivity index (χ4v) is 1.97. The lowest BCUT2D eigenvalue weighted by molar-refractivity contribution is -0.121. The maximum absolute atomic E-state index is 13.4. The average Bonchev–Trinajstić information content (AvgIpc) is 2.74. The molecule has 1 atom stereocenters. The minimum absolute atomic E-state index is 0.353. The van der Waals surface area contributed by atoms with Gasteiger partial charge in [-0.1, -0.05) is 0 Å². The Bertz CT molecular complexity index is 484. The fraction of sp³-hybridized carbons (Fsp3) is 0.417. The molecular formula is C12H13F3N2O. The van der Waals surface area contributed by atoms with Crippen molar-refractivity contribution in [2.24, 2.45) is 0 Å². The Labute approximate surface area is 102 Å². The van der Waals surface area contributed by atoms with Crippen molar-refractivity contribution >= 4 is 11.6 Å². The highest BCUT2D eigenvalue weighted by Gasteiger charge is 2.36. The van der Waals surface area contributed by atoms with Crippen molar-refractivity contribution in [3.8, 4) is 0 Å². The zero-order valence-electron chi connectivity index (χ0n) is 9.82. The molecule has 1 unspecified atom stereocenters. The van der Waals surface area contributed by atoms with Gasteiger partial charge < -0.3 is 10.6 Å². The van der Waals surface area contributed by atoms with Gasteiger partial charge in [0.05, 0.1) is 11.2 Å². The SMILES string of the molecule is CC1(C(=O)Nc2cc(F)c(F)cc2F)CCCN1. The molecule has 0 bridgehead atoms. The first-order chi connectivity index (χ1) is 8.42. The van der Waals surface area contributed by atoms with E-state index in [1.165, 1.54) is 0 Å². The van der Waals surface area contributed by atoms with Crippen molar-refractivity contribution in [3.05, 3.63) is 29.6 Å². The third-order valence-electron chi connectivity index (χ3n) is 3.13. The molecule has 0 saturated carbocycles. The van der Waals surface area contributed by atoms with E-state index < -0.39 is 28.9 Å². The van der Waals surface area contributed by atoms with Crippen LogP contribution >= 0.6 is 0 Å². The van der Waals surface area contributed by atoms with E-state index in [4.69, 9.17) is 0 Å². The molecule has 1 aliphatic rings. The summed E-state index contributed by atoms with van der Waals surface area (Å²) in [5, 5.41) is 5.27. The number of amides is 1. The van der Waals surface area contributed by atoms with Crippen molar-refractivity contribution < 1.29 is 18.0 Å². The Morgan fingerprint density at radius 3 is 2.56 bits per heavy atom. The first-order valence-electron chi connectivity index (χ1n) is 5.63. The predicted octanol–water partition coefficient (Wildman–Crippen LogP) is 2.18. The molecular weight excluding hydrogens is 245 g/mol. The molecule has 2 rings (SSSR count). The minimum atomic E-state index is -1.28. The number of anilines is 1. The Morgan fingerprint density at radius 1 is 1.28 bits per heavy atom. The molecule has 1 aromatic rings. The third-order valence-corrected chi connectivity index (χ3v) is 3.13. The molecule has 0 spiro atoms. The lowest BCUT2D eigenvalue weighted by Gasteiger charge is -2.23. The normalized spacial score (nSPS) is 23.1. The van der Waals surface area contributed by atoms with E-state index in [2.05, 4.69) is 10.6 Å². The van der Waals surface area contributed by atoms with E-state index >= 15 is 0 Å². The molecule has 1 saturated heterocycles. The van der Waals surface area contributed by atoms with Gasteiger partial charge in [0.2, 0.25) is 5.91 Å². The van der Waals surface area contributed by atoms with Crippen LogP contribution in [0.4, 0.5) is 18.9 Å². The van der Waals surface area contributed by atoms with E-state index in [1.807, 2.05) is 0 Å². The Hall–Kier alpha value is -1.56. The number of halogens is 3. The zero-order chi connectivity index (χ0) is 13.3. The van der Waals surface area contributed by atoms with Crippen LogP contribution in [0.2, 0.25) is 0 Å². The summed E-state index contributed by atoms with van der Waals surface area (Å²) in [5.41, 5.74) is -1.15. The molecule has 98 valence electrons. The highest BCUT2D eigenvalue weighted by molar-refractivity contribution is 5.98. The van der Waals surface area contributed by atoms with Crippen LogP contribution < -0.4 is 10.6 Å². The first kappa shape index (κ1) is 12.9. The third kappa shape index (κ3) is 2.33. The summed E-state index contributed by atoms with van der Waals surface area (Å²) in [6.07, 6.45) is 1.45. The summed E-state index contributed by atoms with van der Waals surface area (Å²) in [5.74, 6) is -3.93. The van der Waals surface area contributed by atoms with Gasteiger partial charge in [-0.05, 0) is 26.3 Å². The predicted molar refractivity (Wildman–Crippen MR) is 60.6 cm³/mol. The number of carbonyl (C=O) groups excluding carboxylic acids is 1. The van der Waals surface area contributed by atoms with Crippen LogP contribution in [0.15, 0.2) is 12.1 Å². The molecule has 1 amide bonds. The molecule has 18 heavy (non-hydrogen) atoms. The molecule has 1 fully saturated rings. The van der Waals surface area contributed by atoms with Gasteiger partial charge in [-0.2, -0.15) is 0 Å². The molecule has 1 aliphatic heterocycles. The molecule has 0 radical (unpaired) electrons. The topological polar surface area (TPSA) is 41.1 Å². The molecule has 1 heterocycles. The van der Waals surface area contributed by atoms with Crippen molar-refractivity contribution in [3.63, 3.8) is 0 Å². The Balaban J connectivity index is 2.19. The second kappa shape index (κ2) is 4.61. The molecule has 6 heteroatoms.